The fourth-order valence-corrected chi connectivity index (χ4v) is 1.80. The molecule has 0 aliphatic rings. The molecule has 0 aliphatic heterocycles. The third-order valence-electron chi connectivity index (χ3n) is 2.77. The van der Waals surface area contributed by atoms with E-state index in [1.54, 1.807) is 29.3 Å². The number of pyridine rings is 1. The zero-order valence-electron chi connectivity index (χ0n) is 10.6. The van der Waals surface area contributed by atoms with Crippen molar-refractivity contribution in [3.05, 3.63) is 41.1 Å². The predicted molar refractivity (Wildman–Crippen MR) is 69.1 cm³/mol. The molecule has 96 valence electrons. The normalized spacial score (nSPS) is 11.3. The van der Waals surface area contributed by atoms with Gasteiger partial charge >= 0.3 is 0 Å². The van der Waals surface area contributed by atoms with Crippen molar-refractivity contribution in [2.24, 2.45) is 0 Å². The maximum Gasteiger partial charge on any atom is 0.281 e. The largest absolute Gasteiger partial charge is 0.281 e. The maximum atomic E-state index is 12.2. The first-order chi connectivity index (χ1) is 9.16. The summed E-state index contributed by atoms with van der Waals surface area (Å²) in [6.07, 6.45) is 5.00. The van der Waals surface area contributed by atoms with Gasteiger partial charge in [-0.25, -0.2) is 9.36 Å². The molecule has 0 fully saturated rings. The lowest BCUT2D eigenvalue weighted by Gasteiger charge is -2.04. The van der Waals surface area contributed by atoms with Crippen molar-refractivity contribution in [3.63, 3.8) is 0 Å². The first-order valence-corrected chi connectivity index (χ1v) is 5.92. The number of nitrogens with zero attached hydrogens (tertiary/aromatic N) is 6. The molecular formula is C12H12N6O. The minimum Gasteiger partial charge on any atom is -0.267 e. The van der Waals surface area contributed by atoms with Gasteiger partial charge in [0.1, 0.15) is 5.39 Å². The Balaban J connectivity index is 2.22. The molecule has 19 heavy (non-hydrogen) atoms. The van der Waals surface area contributed by atoms with E-state index in [9.17, 15) is 4.79 Å². The molecule has 3 rings (SSSR count). The maximum absolute atomic E-state index is 12.2. The molecular weight excluding hydrogens is 244 g/mol. The van der Waals surface area contributed by atoms with Crippen molar-refractivity contribution in [2.75, 3.05) is 0 Å². The summed E-state index contributed by atoms with van der Waals surface area (Å²) in [6.45, 7) is 3.76. The molecule has 0 saturated carbocycles. The SMILES string of the molecule is CC(C)n1nnc2nn(-c3cccnc3)cc2c1=O. The highest BCUT2D eigenvalue weighted by Gasteiger charge is 2.12. The second-order valence-corrected chi connectivity index (χ2v) is 4.46. The van der Waals surface area contributed by atoms with Crippen LogP contribution < -0.4 is 5.56 Å². The molecule has 0 N–H and O–H groups in total. The summed E-state index contributed by atoms with van der Waals surface area (Å²) in [6, 6.07) is 3.62. The Labute approximate surface area is 108 Å². The molecule has 0 radical (unpaired) electrons. The molecule has 3 aromatic rings. The van der Waals surface area contributed by atoms with Crippen LogP contribution in [0.3, 0.4) is 0 Å². The van der Waals surface area contributed by atoms with Gasteiger partial charge in [-0.15, -0.1) is 10.2 Å². The highest BCUT2D eigenvalue weighted by molar-refractivity contribution is 5.72. The van der Waals surface area contributed by atoms with E-state index in [4.69, 9.17) is 0 Å². The van der Waals surface area contributed by atoms with Crippen molar-refractivity contribution >= 4 is 11.0 Å². The minimum atomic E-state index is -0.185. The van der Waals surface area contributed by atoms with Gasteiger partial charge in [0.25, 0.3) is 5.56 Å². The van der Waals surface area contributed by atoms with Crippen molar-refractivity contribution in [2.45, 2.75) is 19.9 Å². The van der Waals surface area contributed by atoms with Gasteiger partial charge in [0.05, 0.1) is 17.9 Å². The summed E-state index contributed by atoms with van der Waals surface area (Å²) in [5.74, 6) is 0. The molecule has 7 heteroatoms. The third kappa shape index (κ3) is 1.88. The second kappa shape index (κ2) is 4.27. The van der Waals surface area contributed by atoms with E-state index in [0.717, 1.165) is 5.69 Å². The van der Waals surface area contributed by atoms with Crippen LogP contribution in [-0.2, 0) is 0 Å². The van der Waals surface area contributed by atoms with Crippen molar-refractivity contribution < 1.29 is 0 Å². The van der Waals surface area contributed by atoms with Crippen LogP contribution in [0.15, 0.2) is 35.5 Å². The van der Waals surface area contributed by atoms with Gasteiger partial charge in [0.2, 0.25) is 5.65 Å². The Bertz CT molecular complexity index is 774. The number of aromatic nitrogens is 6. The third-order valence-corrected chi connectivity index (χ3v) is 2.77. The molecule has 0 bridgehead atoms. The number of fused-ring (bicyclic) bond motifs is 1. The number of hydrogen-bond acceptors (Lipinski definition) is 5. The van der Waals surface area contributed by atoms with Gasteiger partial charge in [-0.05, 0) is 26.0 Å². The molecule has 0 aromatic carbocycles. The Kier molecular flexibility index (Phi) is 2.59. The lowest BCUT2D eigenvalue weighted by Crippen LogP contribution is -2.25. The second-order valence-electron chi connectivity index (χ2n) is 4.46. The van der Waals surface area contributed by atoms with Gasteiger partial charge < -0.3 is 0 Å². The van der Waals surface area contributed by atoms with E-state index in [1.165, 1.54) is 4.68 Å². The summed E-state index contributed by atoms with van der Waals surface area (Å²) in [5.41, 5.74) is 0.928. The lowest BCUT2D eigenvalue weighted by atomic mass is 10.4. The summed E-state index contributed by atoms with van der Waals surface area (Å²) < 4.78 is 2.93. The molecule has 7 nitrogen and oxygen atoms in total. The van der Waals surface area contributed by atoms with E-state index >= 15 is 0 Å². The lowest BCUT2D eigenvalue weighted by molar-refractivity contribution is 0.481. The van der Waals surface area contributed by atoms with E-state index in [-0.39, 0.29) is 11.6 Å². The van der Waals surface area contributed by atoms with Crippen LogP contribution in [0.1, 0.15) is 19.9 Å². The summed E-state index contributed by atoms with van der Waals surface area (Å²) >= 11 is 0. The first kappa shape index (κ1) is 11.5. The van der Waals surface area contributed by atoms with E-state index in [1.807, 2.05) is 19.9 Å². The Morgan fingerprint density at radius 3 is 2.84 bits per heavy atom. The van der Waals surface area contributed by atoms with E-state index < -0.39 is 0 Å². The fraction of sp³-hybridized carbons (Fsp3) is 0.250. The van der Waals surface area contributed by atoms with Crippen LogP contribution in [0.25, 0.3) is 16.7 Å². The summed E-state index contributed by atoms with van der Waals surface area (Å²) in [7, 11) is 0. The van der Waals surface area contributed by atoms with Crippen LogP contribution in [0.4, 0.5) is 0 Å². The average Bonchev–Trinajstić information content (AvgIpc) is 2.85. The van der Waals surface area contributed by atoms with E-state index in [0.29, 0.717) is 11.0 Å². The van der Waals surface area contributed by atoms with Gasteiger partial charge in [-0.1, -0.05) is 5.21 Å². The van der Waals surface area contributed by atoms with Crippen LogP contribution >= 0.6 is 0 Å². The Hall–Kier alpha value is -2.57. The van der Waals surface area contributed by atoms with Gasteiger partial charge in [0.15, 0.2) is 0 Å². The Morgan fingerprint density at radius 1 is 1.32 bits per heavy atom. The smallest absolute Gasteiger partial charge is 0.267 e. The van der Waals surface area contributed by atoms with Gasteiger partial charge in [0, 0.05) is 12.4 Å². The minimum absolute atomic E-state index is 0.0360. The summed E-state index contributed by atoms with van der Waals surface area (Å²) in [5, 5.41) is 12.5. The topological polar surface area (TPSA) is 78.5 Å². The van der Waals surface area contributed by atoms with Crippen LogP contribution in [0.5, 0.6) is 0 Å². The quantitative estimate of drug-likeness (QED) is 0.682. The van der Waals surface area contributed by atoms with Gasteiger partial charge in [-0.3, -0.25) is 9.78 Å². The van der Waals surface area contributed by atoms with Crippen molar-refractivity contribution in [3.8, 4) is 5.69 Å². The van der Waals surface area contributed by atoms with Crippen LogP contribution in [-0.4, -0.2) is 29.8 Å². The predicted octanol–water partition coefficient (Wildman–Crippen LogP) is 0.953. The monoisotopic (exact) mass is 256 g/mol. The molecule has 3 aromatic heterocycles. The highest BCUT2D eigenvalue weighted by atomic mass is 16.1. The Morgan fingerprint density at radius 2 is 2.16 bits per heavy atom. The molecule has 0 saturated heterocycles. The highest BCUT2D eigenvalue weighted by Crippen LogP contribution is 2.09. The molecule has 0 aliphatic carbocycles. The van der Waals surface area contributed by atoms with Crippen molar-refractivity contribution in [1.82, 2.24) is 29.8 Å². The molecule has 0 atom stereocenters. The fourth-order valence-electron chi connectivity index (χ4n) is 1.80. The van der Waals surface area contributed by atoms with Gasteiger partial charge in [-0.2, -0.15) is 0 Å². The number of hydrogen-bond donors (Lipinski definition) is 0. The van der Waals surface area contributed by atoms with Crippen LogP contribution in [0, 0.1) is 0 Å². The standard InChI is InChI=1S/C12H12N6O/c1-8(2)18-12(19)10-7-17(15-11(10)14-16-18)9-4-3-5-13-6-9/h3-8H,1-2H3. The van der Waals surface area contributed by atoms with E-state index in [2.05, 4.69) is 20.4 Å². The average molecular weight is 256 g/mol. The zero-order chi connectivity index (χ0) is 13.4. The molecule has 0 unspecified atom stereocenters. The zero-order valence-corrected chi connectivity index (χ0v) is 10.6. The number of rotatable bonds is 2. The van der Waals surface area contributed by atoms with Crippen molar-refractivity contribution in [1.29, 1.82) is 0 Å². The molecule has 0 spiro atoms. The first-order valence-electron chi connectivity index (χ1n) is 5.92. The molecule has 0 amide bonds. The molecule has 3 heterocycles. The van der Waals surface area contributed by atoms with Crippen LogP contribution in [0.2, 0.25) is 0 Å². The summed E-state index contributed by atoms with van der Waals surface area (Å²) in [4.78, 5) is 16.2.